The van der Waals surface area contributed by atoms with Crippen LogP contribution in [-0.2, 0) is 4.79 Å². The molecule has 3 heteroatoms. The first kappa shape index (κ1) is 15.0. The zero-order valence-corrected chi connectivity index (χ0v) is 12.6. The Hall–Kier alpha value is -1.35. The Morgan fingerprint density at radius 1 is 1.35 bits per heavy atom. The van der Waals surface area contributed by atoms with Gasteiger partial charge in [0.25, 0.3) is 0 Å². The molecule has 1 amide bonds. The minimum Gasteiger partial charge on any atom is -0.355 e. The summed E-state index contributed by atoms with van der Waals surface area (Å²) in [5.74, 6) is 0.639. The molecular formula is C17H26N2O. The molecule has 0 heterocycles. The van der Waals surface area contributed by atoms with Gasteiger partial charge in [-0.3, -0.25) is 4.79 Å². The van der Waals surface area contributed by atoms with E-state index in [2.05, 4.69) is 43.4 Å². The van der Waals surface area contributed by atoms with Crippen molar-refractivity contribution in [3.63, 3.8) is 0 Å². The fourth-order valence-corrected chi connectivity index (χ4v) is 2.88. The lowest BCUT2D eigenvalue weighted by molar-refractivity contribution is -0.126. The monoisotopic (exact) mass is 274 g/mol. The predicted octanol–water partition coefficient (Wildman–Crippen LogP) is 2.73. The molecular weight excluding hydrogens is 248 g/mol. The van der Waals surface area contributed by atoms with Crippen LogP contribution in [0.1, 0.15) is 49.7 Å². The van der Waals surface area contributed by atoms with Crippen molar-refractivity contribution < 1.29 is 4.79 Å². The first-order valence-electron chi connectivity index (χ1n) is 7.66. The number of nitrogens with two attached hydrogens (primary N) is 1. The zero-order chi connectivity index (χ0) is 14.5. The summed E-state index contributed by atoms with van der Waals surface area (Å²) in [6.07, 6.45) is 3.96. The lowest BCUT2D eigenvalue weighted by Crippen LogP contribution is -2.38. The Bertz CT molecular complexity index is 441. The number of rotatable bonds is 4. The number of nitrogens with one attached hydrogen (secondary N) is 1. The van der Waals surface area contributed by atoms with Crippen LogP contribution < -0.4 is 11.1 Å². The standard InChI is InChI=1S/C17H26N2O/c1-12-6-8-14(9-7-12)13(2)11-19-17(20)15-4-3-5-16(18)10-15/h6-9,13,15-16H,3-5,10-11,18H2,1-2H3,(H,19,20). The second-order valence-electron chi connectivity index (χ2n) is 6.18. The zero-order valence-electron chi connectivity index (χ0n) is 12.6. The van der Waals surface area contributed by atoms with Gasteiger partial charge >= 0.3 is 0 Å². The lowest BCUT2D eigenvalue weighted by Gasteiger charge is -2.26. The first-order chi connectivity index (χ1) is 9.56. The van der Waals surface area contributed by atoms with Gasteiger partial charge in [0, 0.05) is 18.5 Å². The lowest BCUT2D eigenvalue weighted by atomic mass is 9.85. The molecule has 1 aromatic rings. The van der Waals surface area contributed by atoms with Crippen LogP contribution in [-0.4, -0.2) is 18.5 Å². The maximum Gasteiger partial charge on any atom is 0.223 e. The van der Waals surface area contributed by atoms with Gasteiger partial charge < -0.3 is 11.1 Å². The van der Waals surface area contributed by atoms with Gasteiger partial charge in [-0.25, -0.2) is 0 Å². The largest absolute Gasteiger partial charge is 0.355 e. The molecule has 1 aliphatic carbocycles. The van der Waals surface area contributed by atoms with Crippen LogP contribution in [0, 0.1) is 12.8 Å². The van der Waals surface area contributed by atoms with Gasteiger partial charge in [0.05, 0.1) is 0 Å². The minimum atomic E-state index is 0.115. The number of benzene rings is 1. The van der Waals surface area contributed by atoms with Gasteiger partial charge in [0.1, 0.15) is 0 Å². The van der Waals surface area contributed by atoms with E-state index in [1.54, 1.807) is 0 Å². The van der Waals surface area contributed by atoms with E-state index in [1.807, 2.05) is 0 Å². The van der Waals surface area contributed by atoms with E-state index in [0.29, 0.717) is 12.5 Å². The summed E-state index contributed by atoms with van der Waals surface area (Å²) in [6.45, 7) is 4.94. The van der Waals surface area contributed by atoms with Gasteiger partial charge in [-0.2, -0.15) is 0 Å². The van der Waals surface area contributed by atoms with Crippen molar-refractivity contribution in [1.29, 1.82) is 0 Å². The van der Waals surface area contributed by atoms with Crippen molar-refractivity contribution >= 4 is 5.91 Å². The number of hydrogen-bond acceptors (Lipinski definition) is 2. The second kappa shape index (κ2) is 6.89. The first-order valence-corrected chi connectivity index (χ1v) is 7.66. The number of carbonyl (C=O) groups excluding carboxylic acids is 1. The number of amides is 1. The van der Waals surface area contributed by atoms with E-state index in [1.165, 1.54) is 11.1 Å². The van der Waals surface area contributed by atoms with Crippen LogP contribution in [0.5, 0.6) is 0 Å². The van der Waals surface area contributed by atoms with Gasteiger partial charge in [-0.1, -0.05) is 43.2 Å². The van der Waals surface area contributed by atoms with Crippen LogP contribution in [0.15, 0.2) is 24.3 Å². The summed E-state index contributed by atoms with van der Waals surface area (Å²) in [6, 6.07) is 8.72. The van der Waals surface area contributed by atoms with Gasteiger partial charge in [0.15, 0.2) is 0 Å². The van der Waals surface area contributed by atoms with Crippen LogP contribution in [0.3, 0.4) is 0 Å². The van der Waals surface area contributed by atoms with Gasteiger partial charge in [-0.05, 0) is 37.7 Å². The average molecular weight is 274 g/mol. The molecule has 1 aliphatic rings. The van der Waals surface area contributed by atoms with Crippen molar-refractivity contribution in [3.05, 3.63) is 35.4 Å². The van der Waals surface area contributed by atoms with E-state index < -0.39 is 0 Å². The number of hydrogen-bond donors (Lipinski definition) is 2. The molecule has 0 aliphatic heterocycles. The molecule has 0 radical (unpaired) electrons. The maximum atomic E-state index is 12.2. The molecule has 20 heavy (non-hydrogen) atoms. The average Bonchev–Trinajstić information content (AvgIpc) is 2.45. The Balaban J connectivity index is 1.82. The molecule has 1 aromatic carbocycles. The highest BCUT2D eigenvalue weighted by Crippen LogP contribution is 2.23. The van der Waals surface area contributed by atoms with E-state index in [9.17, 15) is 4.79 Å². The molecule has 0 spiro atoms. The molecule has 3 nitrogen and oxygen atoms in total. The van der Waals surface area contributed by atoms with E-state index in [-0.39, 0.29) is 17.9 Å². The predicted molar refractivity (Wildman–Crippen MR) is 82.5 cm³/mol. The second-order valence-corrected chi connectivity index (χ2v) is 6.18. The smallest absolute Gasteiger partial charge is 0.223 e. The fraction of sp³-hybridized carbons (Fsp3) is 0.588. The summed E-state index contributed by atoms with van der Waals surface area (Å²) in [4.78, 5) is 12.2. The summed E-state index contributed by atoms with van der Waals surface area (Å²) in [5, 5.41) is 3.09. The highest BCUT2D eigenvalue weighted by molar-refractivity contribution is 5.78. The van der Waals surface area contributed by atoms with Crippen molar-refractivity contribution in [1.82, 2.24) is 5.32 Å². The highest BCUT2D eigenvalue weighted by atomic mass is 16.1. The summed E-state index contributed by atoms with van der Waals surface area (Å²) in [5.41, 5.74) is 8.48. The van der Waals surface area contributed by atoms with Crippen LogP contribution >= 0.6 is 0 Å². The molecule has 3 atom stereocenters. The quantitative estimate of drug-likeness (QED) is 0.887. The normalized spacial score (nSPS) is 24.1. The summed E-state index contributed by atoms with van der Waals surface area (Å²) >= 11 is 0. The molecule has 0 saturated heterocycles. The van der Waals surface area contributed by atoms with E-state index >= 15 is 0 Å². The molecule has 1 fully saturated rings. The van der Waals surface area contributed by atoms with Gasteiger partial charge in [0.2, 0.25) is 5.91 Å². The fourth-order valence-electron chi connectivity index (χ4n) is 2.88. The molecule has 3 N–H and O–H groups in total. The molecule has 0 bridgehead atoms. The van der Waals surface area contributed by atoms with Crippen molar-refractivity contribution in [2.75, 3.05) is 6.54 Å². The summed E-state index contributed by atoms with van der Waals surface area (Å²) < 4.78 is 0. The molecule has 1 saturated carbocycles. The third-order valence-corrected chi connectivity index (χ3v) is 4.31. The Kier molecular flexibility index (Phi) is 5.18. The third-order valence-electron chi connectivity index (χ3n) is 4.31. The minimum absolute atomic E-state index is 0.115. The molecule has 2 rings (SSSR count). The van der Waals surface area contributed by atoms with Crippen molar-refractivity contribution in [2.24, 2.45) is 11.7 Å². The van der Waals surface area contributed by atoms with Crippen LogP contribution in [0.4, 0.5) is 0 Å². The number of aryl methyl sites for hydroxylation is 1. The van der Waals surface area contributed by atoms with Crippen molar-refractivity contribution in [3.8, 4) is 0 Å². The highest BCUT2D eigenvalue weighted by Gasteiger charge is 2.25. The van der Waals surface area contributed by atoms with Gasteiger partial charge in [-0.15, -0.1) is 0 Å². The van der Waals surface area contributed by atoms with E-state index in [4.69, 9.17) is 5.73 Å². The Morgan fingerprint density at radius 2 is 2.05 bits per heavy atom. The maximum absolute atomic E-state index is 12.2. The summed E-state index contributed by atoms with van der Waals surface area (Å²) in [7, 11) is 0. The number of carbonyl (C=O) groups is 1. The molecule has 3 unspecified atom stereocenters. The third kappa shape index (κ3) is 4.07. The SMILES string of the molecule is Cc1ccc(C(C)CNC(=O)C2CCCC(N)C2)cc1. The molecule has 110 valence electrons. The van der Waals surface area contributed by atoms with Crippen LogP contribution in [0.2, 0.25) is 0 Å². The van der Waals surface area contributed by atoms with Crippen molar-refractivity contribution in [2.45, 2.75) is 51.5 Å². The van der Waals surface area contributed by atoms with E-state index in [0.717, 1.165) is 25.7 Å². The Morgan fingerprint density at radius 3 is 2.70 bits per heavy atom. The topological polar surface area (TPSA) is 55.1 Å². The van der Waals surface area contributed by atoms with Crippen LogP contribution in [0.25, 0.3) is 0 Å². The Labute approximate surface area is 121 Å². The molecule has 0 aromatic heterocycles.